The smallest absolute Gasteiger partial charge is 0.264 e. The van der Waals surface area contributed by atoms with Crippen molar-refractivity contribution < 1.29 is 24.3 Å². The van der Waals surface area contributed by atoms with Crippen LogP contribution in [0.25, 0.3) is 0 Å². The second-order valence-corrected chi connectivity index (χ2v) is 6.39. The zero-order valence-electron chi connectivity index (χ0n) is 14.3. The SMILES string of the molecule is O=C1CCC(N2C(=O)c3cccc(NCCCCCO)c3C2=O)C(=O)N1. The summed E-state index contributed by atoms with van der Waals surface area (Å²) in [6.07, 6.45) is 2.63. The number of nitrogens with one attached hydrogen (secondary N) is 2. The Morgan fingerprint density at radius 2 is 1.92 bits per heavy atom. The summed E-state index contributed by atoms with van der Waals surface area (Å²) in [6, 6.07) is 4.02. The Bertz CT molecular complexity index is 761. The van der Waals surface area contributed by atoms with Gasteiger partial charge in [-0.1, -0.05) is 6.07 Å². The lowest BCUT2D eigenvalue weighted by molar-refractivity contribution is -0.136. The molecule has 0 aromatic heterocycles. The van der Waals surface area contributed by atoms with E-state index in [9.17, 15) is 19.2 Å². The molecule has 0 spiro atoms. The van der Waals surface area contributed by atoms with Gasteiger partial charge in [0.25, 0.3) is 11.8 Å². The highest BCUT2D eigenvalue weighted by atomic mass is 16.3. The number of imide groups is 2. The first-order valence-corrected chi connectivity index (χ1v) is 8.74. The molecule has 2 heterocycles. The number of anilines is 1. The van der Waals surface area contributed by atoms with Gasteiger partial charge >= 0.3 is 0 Å². The Balaban J connectivity index is 1.78. The molecule has 26 heavy (non-hydrogen) atoms. The molecule has 1 aromatic rings. The number of unbranched alkanes of at least 4 members (excludes halogenated alkanes) is 2. The molecule has 8 nitrogen and oxygen atoms in total. The molecule has 3 rings (SSSR count). The standard InChI is InChI=1S/C18H21N3O5/c22-10-3-1-2-9-19-12-6-4-5-11-15(12)18(26)21(17(11)25)13-7-8-14(23)20-16(13)24/h4-6,13,19,22H,1-3,7-10H2,(H,20,23,24). The number of carbonyl (C=O) groups is 4. The van der Waals surface area contributed by atoms with Crippen molar-refractivity contribution in [1.29, 1.82) is 0 Å². The van der Waals surface area contributed by atoms with Crippen LogP contribution in [0.5, 0.6) is 0 Å². The van der Waals surface area contributed by atoms with Gasteiger partial charge in [-0.15, -0.1) is 0 Å². The van der Waals surface area contributed by atoms with Gasteiger partial charge < -0.3 is 10.4 Å². The van der Waals surface area contributed by atoms with Gasteiger partial charge in [-0.3, -0.25) is 29.4 Å². The number of rotatable bonds is 7. The fourth-order valence-corrected chi connectivity index (χ4v) is 3.30. The summed E-state index contributed by atoms with van der Waals surface area (Å²) in [5, 5.41) is 14.1. The molecular formula is C18H21N3O5. The van der Waals surface area contributed by atoms with Crippen molar-refractivity contribution >= 4 is 29.3 Å². The molecule has 0 saturated carbocycles. The van der Waals surface area contributed by atoms with Gasteiger partial charge in [-0.05, 0) is 37.8 Å². The van der Waals surface area contributed by atoms with Crippen LogP contribution >= 0.6 is 0 Å². The van der Waals surface area contributed by atoms with Gasteiger partial charge in [0.05, 0.1) is 11.1 Å². The second kappa shape index (κ2) is 7.65. The summed E-state index contributed by atoms with van der Waals surface area (Å²) in [7, 11) is 0. The number of amides is 4. The highest BCUT2D eigenvalue weighted by Crippen LogP contribution is 2.32. The number of benzene rings is 1. The third-order valence-electron chi connectivity index (χ3n) is 4.62. The maximum atomic E-state index is 12.9. The maximum Gasteiger partial charge on any atom is 0.264 e. The normalized spacial score (nSPS) is 19.6. The zero-order valence-corrected chi connectivity index (χ0v) is 14.3. The Hall–Kier alpha value is -2.74. The minimum atomic E-state index is -0.961. The lowest BCUT2D eigenvalue weighted by atomic mass is 10.0. The van der Waals surface area contributed by atoms with Crippen molar-refractivity contribution in [2.45, 2.75) is 38.1 Å². The van der Waals surface area contributed by atoms with Crippen LogP contribution in [0.4, 0.5) is 5.69 Å². The molecule has 0 aliphatic carbocycles. The highest BCUT2D eigenvalue weighted by molar-refractivity contribution is 6.25. The number of aliphatic hydroxyl groups is 1. The van der Waals surface area contributed by atoms with Crippen LogP contribution in [-0.2, 0) is 9.59 Å². The van der Waals surface area contributed by atoms with Gasteiger partial charge in [0.1, 0.15) is 6.04 Å². The van der Waals surface area contributed by atoms with Crippen LogP contribution in [0.2, 0.25) is 0 Å². The van der Waals surface area contributed by atoms with E-state index in [1.165, 1.54) is 0 Å². The molecule has 0 bridgehead atoms. The van der Waals surface area contributed by atoms with Gasteiger partial charge in [-0.25, -0.2) is 0 Å². The molecule has 1 unspecified atom stereocenters. The van der Waals surface area contributed by atoms with Gasteiger partial charge in [0, 0.05) is 25.3 Å². The summed E-state index contributed by atoms with van der Waals surface area (Å²) in [4.78, 5) is 49.9. The number of fused-ring (bicyclic) bond motifs is 1. The number of hydrogen-bond acceptors (Lipinski definition) is 6. The van der Waals surface area contributed by atoms with Crippen LogP contribution in [-0.4, -0.2) is 52.8 Å². The lowest BCUT2D eigenvalue weighted by Gasteiger charge is -2.27. The molecule has 8 heteroatoms. The Labute approximate surface area is 150 Å². The molecule has 2 aliphatic heterocycles. The minimum Gasteiger partial charge on any atom is -0.396 e. The quantitative estimate of drug-likeness (QED) is 0.487. The highest BCUT2D eigenvalue weighted by Gasteiger charge is 2.45. The van der Waals surface area contributed by atoms with Crippen LogP contribution in [0.1, 0.15) is 52.8 Å². The minimum absolute atomic E-state index is 0.0970. The molecule has 1 fully saturated rings. The maximum absolute atomic E-state index is 12.9. The summed E-state index contributed by atoms with van der Waals surface area (Å²) < 4.78 is 0. The molecule has 3 N–H and O–H groups in total. The molecule has 0 radical (unpaired) electrons. The third-order valence-corrected chi connectivity index (χ3v) is 4.62. The zero-order chi connectivity index (χ0) is 18.7. The van der Waals surface area contributed by atoms with E-state index >= 15 is 0 Å². The van der Waals surface area contributed by atoms with Gasteiger partial charge in [-0.2, -0.15) is 0 Å². The molecule has 2 aliphatic rings. The first-order valence-electron chi connectivity index (χ1n) is 8.74. The van der Waals surface area contributed by atoms with Crippen LogP contribution in [0.3, 0.4) is 0 Å². The van der Waals surface area contributed by atoms with E-state index < -0.39 is 29.7 Å². The predicted octanol–water partition coefficient (Wildman–Crippen LogP) is 0.662. The van der Waals surface area contributed by atoms with Crippen molar-refractivity contribution in [2.24, 2.45) is 0 Å². The fourth-order valence-electron chi connectivity index (χ4n) is 3.30. The fraction of sp³-hybridized carbons (Fsp3) is 0.444. The molecule has 1 aromatic carbocycles. The Morgan fingerprint density at radius 1 is 1.12 bits per heavy atom. The topological polar surface area (TPSA) is 116 Å². The van der Waals surface area contributed by atoms with Crippen molar-refractivity contribution in [3.05, 3.63) is 29.3 Å². The number of piperidine rings is 1. The van der Waals surface area contributed by atoms with Crippen molar-refractivity contribution in [3.63, 3.8) is 0 Å². The summed E-state index contributed by atoms with van der Waals surface area (Å²) in [5.74, 6) is -2.04. The van der Waals surface area contributed by atoms with Crippen molar-refractivity contribution in [3.8, 4) is 0 Å². The molecular weight excluding hydrogens is 338 g/mol. The largest absolute Gasteiger partial charge is 0.396 e. The van der Waals surface area contributed by atoms with E-state index in [1.54, 1.807) is 18.2 Å². The van der Waals surface area contributed by atoms with E-state index in [0.29, 0.717) is 12.2 Å². The lowest BCUT2D eigenvalue weighted by Crippen LogP contribution is -2.54. The molecule has 4 amide bonds. The van der Waals surface area contributed by atoms with E-state index in [-0.39, 0.29) is 30.6 Å². The average Bonchev–Trinajstić information content (AvgIpc) is 2.87. The van der Waals surface area contributed by atoms with E-state index in [1.807, 2.05) is 0 Å². The van der Waals surface area contributed by atoms with Gasteiger partial charge in [0.15, 0.2) is 0 Å². The molecule has 1 atom stereocenters. The van der Waals surface area contributed by atoms with Gasteiger partial charge in [0.2, 0.25) is 11.8 Å². The number of aliphatic hydroxyl groups excluding tert-OH is 1. The number of nitrogens with zero attached hydrogens (tertiary/aromatic N) is 1. The van der Waals surface area contributed by atoms with E-state index in [4.69, 9.17) is 5.11 Å². The monoisotopic (exact) mass is 359 g/mol. The van der Waals surface area contributed by atoms with E-state index in [2.05, 4.69) is 10.6 Å². The van der Waals surface area contributed by atoms with Crippen molar-refractivity contribution in [1.82, 2.24) is 10.2 Å². The van der Waals surface area contributed by atoms with Crippen molar-refractivity contribution in [2.75, 3.05) is 18.5 Å². The number of hydrogen-bond donors (Lipinski definition) is 3. The molecule has 138 valence electrons. The Morgan fingerprint density at radius 3 is 2.65 bits per heavy atom. The average molecular weight is 359 g/mol. The van der Waals surface area contributed by atoms with Crippen LogP contribution in [0, 0.1) is 0 Å². The Kier molecular flexibility index (Phi) is 5.32. The summed E-state index contributed by atoms with van der Waals surface area (Å²) >= 11 is 0. The first-order chi connectivity index (χ1) is 12.5. The van der Waals surface area contributed by atoms with Crippen LogP contribution < -0.4 is 10.6 Å². The third kappa shape index (κ3) is 3.32. The summed E-state index contributed by atoms with van der Waals surface area (Å²) in [5.41, 5.74) is 1.09. The second-order valence-electron chi connectivity index (χ2n) is 6.39. The number of carbonyl (C=O) groups excluding carboxylic acids is 4. The van der Waals surface area contributed by atoms with E-state index in [0.717, 1.165) is 24.2 Å². The van der Waals surface area contributed by atoms with Crippen LogP contribution in [0.15, 0.2) is 18.2 Å². The first kappa shape index (κ1) is 18.1. The summed E-state index contributed by atoms with van der Waals surface area (Å²) in [6.45, 7) is 0.755. The predicted molar refractivity (Wildman–Crippen MR) is 92.5 cm³/mol. The molecule has 1 saturated heterocycles.